The zero-order valence-electron chi connectivity index (χ0n) is 16.8. The Morgan fingerprint density at radius 3 is 2.41 bits per heavy atom. The van der Waals surface area contributed by atoms with Gasteiger partial charge in [-0.2, -0.15) is 18.3 Å². The number of anilines is 1. The minimum atomic E-state index is -4.92. The number of nitrogens with one attached hydrogen (secondary N) is 1. The van der Waals surface area contributed by atoms with E-state index in [1.54, 1.807) is 0 Å². The molecule has 1 N–H and O–H groups in total. The van der Waals surface area contributed by atoms with Crippen molar-refractivity contribution in [3.8, 4) is 11.4 Å². The fourth-order valence-corrected chi connectivity index (χ4v) is 3.93. The van der Waals surface area contributed by atoms with Crippen LogP contribution in [0.5, 0.6) is 5.75 Å². The molecule has 0 radical (unpaired) electrons. The number of ether oxygens (including phenoxy) is 1. The van der Waals surface area contributed by atoms with E-state index in [4.69, 9.17) is 16.3 Å². The van der Waals surface area contributed by atoms with Gasteiger partial charge in [0.1, 0.15) is 5.75 Å². The van der Waals surface area contributed by atoms with Gasteiger partial charge in [0.05, 0.1) is 40.9 Å². The van der Waals surface area contributed by atoms with Gasteiger partial charge < -0.3 is 10.1 Å². The second-order valence-electron chi connectivity index (χ2n) is 6.51. The molecular weight excluding hydrogens is 471 g/mol. The van der Waals surface area contributed by atoms with Crippen LogP contribution in [0.25, 0.3) is 5.69 Å². The lowest BCUT2D eigenvalue weighted by molar-refractivity contribution is -0.143. The number of aromatic nitrogens is 2. The second-order valence-corrected chi connectivity index (χ2v) is 9.23. The van der Waals surface area contributed by atoms with E-state index in [1.165, 1.54) is 50.4 Å². The molecule has 3 aromatic rings. The number of hydrogen-bond donors (Lipinski definition) is 1. The van der Waals surface area contributed by atoms with Crippen molar-refractivity contribution in [2.75, 3.05) is 18.2 Å². The molecule has 12 heteroatoms. The van der Waals surface area contributed by atoms with Crippen LogP contribution in [0.2, 0.25) is 5.02 Å². The van der Waals surface area contributed by atoms with Crippen LogP contribution in [0.15, 0.2) is 53.6 Å². The van der Waals surface area contributed by atoms with Crippen molar-refractivity contribution in [1.29, 1.82) is 0 Å². The van der Waals surface area contributed by atoms with Crippen LogP contribution < -0.4 is 10.1 Å². The highest BCUT2D eigenvalue weighted by atomic mass is 35.5. The largest absolute Gasteiger partial charge is 0.495 e. The summed E-state index contributed by atoms with van der Waals surface area (Å²) in [5.41, 5.74) is -2.10. The van der Waals surface area contributed by atoms with E-state index in [0.29, 0.717) is 9.70 Å². The Hall–Kier alpha value is -3.05. The smallest absolute Gasteiger partial charge is 0.434 e. The maximum atomic E-state index is 13.8. The van der Waals surface area contributed by atoms with Gasteiger partial charge in [-0.15, -0.1) is 0 Å². The average molecular weight is 488 g/mol. The maximum absolute atomic E-state index is 13.8. The van der Waals surface area contributed by atoms with Gasteiger partial charge in [-0.3, -0.25) is 4.79 Å². The van der Waals surface area contributed by atoms with Crippen molar-refractivity contribution < 1.29 is 31.1 Å². The monoisotopic (exact) mass is 487 g/mol. The van der Waals surface area contributed by atoms with E-state index < -0.39 is 33.2 Å². The molecule has 0 aliphatic carbocycles. The van der Waals surface area contributed by atoms with Crippen molar-refractivity contribution in [3.63, 3.8) is 0 Å². The number of hydrogen-bond acceptors (Lipinski definition) is 5. The number of methoxy groups -OCH3 is 1. The molecule has 0 unspecified atom stereocenters. The van der Waals surface area contributed by atoms with Crippen LogP contribution in [0.3, 0.4) is 0 Å². The Morgan fingerprint density at radius 2 is 1.84 bits per heavy atom. The van der Waals surface area contributed by atoms with E-state index in [-0.39, 0.29) is 27.8 Å². The molecule has 0 saturated heterocycles. The summed E-state index contributed by atoms with van der Waals surface area (Å²) in [7, 11) is -2.35. The summed E-state index contributed by atoms with van der Waals surface area (Å²) >= 11 is 5.79. The van der Waals surface area contributed by atoms with Gasteiger partial charge in [0.15, 0.2) is 15.5 Å². The summed E-state index contributed by atoms with van der Waals surface area (Å²) in [5.74, 6) is -1.26. The van der Waals surface area contributed by atoms with Crippen LogP contribution >= 0.6 is 11.6 Å². The third kappa shape index (κ3) is 4.73. The number of amides is 1. The zero-order valence-corrected chi connectivity index (χ0v) is 18.3. The molecule has 1 aromatic heterocycles. The molecule has 0 atom stereocenters. The van der Waals surface area contributed by atoms with Gasteiger partial charge in [-0.05, 0) is 42.5 Å². The number of halogens is 4. The first-order valence-corrected chi connectivity index (χ1v) is 11.1. The SMILES string of the molecule is CCS(=O)(=O)c1ccc(OC)c(NC(=O)c2cnn(-c3ccc(Cl)cc3)c2C(F)(F)F)c1. The van der Waals surface area contributed by atoms with E-state index in [0.717, 1.165) is 12.3 Å². The normalized spacial score (nSPS) is 11.9. The summed E-state index contributed by atoms with van der Waals surface area (Å²) < 4.78 is 71.5. The van der Waals surface area contributed by atoms with Gasteiger partial charge in [0, 0.05) is 5.02 Å². The van der Waals surface area contributed by atoms with Gasteiger partial charge in [0.2, 0.25) is 0 Å². The first-order valence-electron chi connectivity index (χ1n) is 9.11. The van der Waals surface area contributed by atoms with Crippen LogP contribution in [0, 0.1) is 0 Å². The highest BCUT2D eigenvalue weighted by Crippen LogP contribution is 2.35. The number of benzene rings is 2. The predicted molar refractivity (Wildman–Crippen MR) is 112 cm³/mol. The van der Waals surface area contributed by atoms with Crippen molar-refractivity contribution in [2.24, 2.45) is 0 Å². The zero-order chi connectivity index (χ0) is 23.7. The van der Waals surface area contributed by atoms with Crippen molar-refractivity contribution in [1.82, 2.24) is 9.78 Å². The molecule has 7 nitrogen and oxygen atoms in total. The number of carbonyl (C=O) groups is 1. The molecule has 0 fully saturated rings. The molecule has 0 bridgehead atoms. The summed E-state index contributed by atoms with van der Waals surface area (Å²) in [6.07, 6.45) is -4.13. The third-order valence-electron chi connectivity index (χ3n) is 4.51. The average Bonchev–Trinajstić information content (AvgIpc) is 3.20. The predicted octanol–water partition coefficient (Wildman–Crippen LogP) is 4.60. The number of sulfone groups is 1. The maximum Gasteiger partial charge on any atom is 0.434 e. The Bertz CT molecular complexity index is 1260. The lowest BCUT2D eigenvalue weighted by Gasteiger charge is -2.14. The first kappa shape index (κ1) is 23.6. The van der Waals surface area contributed by atoms with Crippen molar-refractivity contribution in [3.05, 3.63) is 64.9 Å². The fraction of sp³-hybridized carbons (Fsp3) is 0.200. The number of alkyl halides is 3. The molecule has 32 heavy (non-hydrogen) atoms. The molecule has 0 saturated carbocycles. The lowest BCUT2D eigenvalue weighted by Crippen LogP contribution is -2.21. The quantitative estimate of drug-likeness (QED) is 0.549. The first-order chi connectivity index (χ1) is 15.0. The molecule has 1 heterocycles. The Labute approximate surface area is 186 Å². The molecule has 1 amide bonds. The van der Waals surface area contributed by atoms with Crippen LogP contribution in [-0.4, -0.2) is 37.0 Å². The highest BCUT2D eigenvalue weighted by Gasteiger charge is 2.40. The molecular formula is C20H17ClF3N3O4S. The van der Waals surface area contributed by atoms with E-state index >= 15 is 0 Å². The molecule has 0 aliphatic heterocycles. The Kier molecular flexibility index (Phi) is 6.51. The van der Waals surface area contributed by atoms with Crippen molar-refractivity contribution in [2.45, 2.75) is 18.0 Å². The Balaban J connectivity index is 2.06. The van der Waals surface area contributed by atoms with Gasteiger partial charge >= 0.3 is 6.18 Å². The third-order valence-corrected chi connectivity index (χ3v) is 6.50. The van der Waals surface area contributed by atoms with Crippen molar-refractivity contribution >= 4 is 33.0 Å². The molecule has 0 aliphatic rings. The fourth-order valence-electron chi connectivity index (χ4n) is 2.90. The molecule has 170 valence electrons. The van der Waals surface area contributed by atoms with Gasteiger partial charge in [-0.1, -0.05) is 18.5 Å². The topological polar surface area (TPSA) is 90.3 Å². The summed E-state index contributed by atoms with van der Waals surface area (Å²) in [4.78, 5) is 12.7. The number of rotatable bonds is 6. The van der Waals surface area contributed by atoms with E-state index in [1.807, 2.05) is 0 Å². The Morgan fingerprint density at radius 1 is 1.19 bits per heavy atom. The molecule has 2 aromatic carbocycles. The number of carbonyl (C=O) groups excluding carboxylic acids is 1. The van der Waals surface area contributed by atoms with Gasteiger partial charge in [0.25, 0.3) is 5.91 Å². The van der Waals surface area contributed by atoms with Crippen LogP contribution in [0.1, 0.15) is 23.0 Å². The second kappa shape index (κ2) is 8.83. The highest BCUT2D eigenvalue weighted by molar-refractivity contribution is 7.91. The van der Waals surface area contributed by atoms with Gasteiger partial charge in [-0.25, -0.2) is 13.1 Å². The standard InChI is InChI=1S/C20H17ClF3N3O4S/c1-3-32(29,30)14-8-9-17(31-2)16(10-14)26-19(28)15-11-25-27(18(15)20(22,23)24)13-6-4-12(21)5-7-13/h4-11H,3H2,1-2H3,(H,26,28). The molecule has 0 spiro atoms. The minimum absolute atomic E-state index is 0.0504. The minimum Gasteiger partial charge on any atom is -0.495 e. The summed E-state index contributed by atoms with van der Waals surface area (Å²) in [6.45, 7) is 1.44. The van der Waals surface area contributed by atoms with Crippen LogP contribution in [-0.2, 0) is 16.0 Å². The van der Waals surface area contributed by atoms with E-state index in [2.05, 4.69) is 10.4 Å². The lowest BCUT2D eigenvalue weighted by atomic mass is 10.2. The number of nitrogens with zero attached hydrogens (tertiary/aromatic N) is 2. The summed E-state index contributed by atoms with van der Waals surface area (Å²) in [5, 5.41) is 6.34. The molecule has 3 rings (SSSR count). The van der Waals surface area contributed by atoms with Crippen LogP contribution in [0.4, 0.5) is 18.9 Å². The van der Waals surface area contributed by atoms with E-state index in [9.17, 15) is 26.4 Å². The summed E-state index contributed by atoms with van der Waals surface area (Å²) in [6, 6.07) is 9.16.